The molecule has 3 aromatic rings. The van der Waals surface area contributed by atoms with Gasteiger partial charge >= 0.3 is 0 Å². The molecule has 0 spiro atoms. The van der Waals surface area contributed by atoms with Crippen LogP contribution in [-0.2, 0) is 4.74 Å². The summed E-state index contributed by atoms with van der Waals surface area (Å²) in [5.74, 6) is 0.736. The molecule has 0 saturated carbocycles. The summed E-state index contributed by atoms with van der Waals surface area (Å²) in [7, 11) is 3.57. The molecule has 1 aromatic carbocycles. The Bertz CT molecular complexity index is 835. The molecule has 6 nitrogen and oxygen atoms in total. The summed E-state index contributed by atoms with van der Waals surface area (Å²) >= 11 is 0. The molecule has 0 saturated heterocycles. The summed E-state index contributed by atoms with van der Waals surface area (Å²) in [4.78, 5) is 15.7. The molecule has 0 radical (unpaired) electrons. The number of likely N-dealkylation sites (N-methyl/N-ethyl adjacent to an activating group) is 1. The third-order valence-corrected chi connectivity index (χ3v) is 4.17. The maximum Gasteiger partial charge on any atom is 0.154 e. The molecule has 0 aliphatic carbocycles. The highest BCUT2D eigenvalue weighted by Gasteiger charge is 2.10. The molecule has 0 unspecified atom stereocenters. The van der Waals surface area contributed by atoms with E-state index in [-0.39, 0.29) is 0 Å². The van der Waals surface area contributed by atoms with Crippen LogP contribution in [0.1, 0.15) is 6.92 Å². The number of anilines is 2. The first-order valence-electron chi connectivity index (χ1n) is 8.40. The monoisotopic (exact) mass is 337 g/mol. The summed E-state index contributed by atoms with van der Waals surface area (Å²) < 4.78 is 5.18. The lowest BCUT2D eigenvalue weighted by molar-refractivity contribution is 0.205. The third kappa shape index (κ3) is 3.69. The molecule has 0 aliphatic heterocycles. The van der Waals surface area contributed by atoms with Gasteiger partial charge < -0.3 is 15.0 Å². The summed E-state index contributed by atoms with van der Waals surface area (Å²) in [6.45, 7) is 4.68. The lowest BCUT2D eigenvalue weighted by atomic mass is 10.1. The SMILES string of the molecule is CCN(CCOC)c1ccc(-c2cc3nccnc3c(NC)n2)cc1. The van der Waals surface area contributed by atoms with Gasteiger partial charge in [-0.05, 0) is 25.1 Å². The van der Waals surface area contributed by atoms with Gasteiger partial charge in [-0.25, -0.2) is 9.97 Å². The first-order chi connectivity index (χ1) is 12.3. The molecule has 0 atom stereocenters. The summed E-state index contributed by atoms with van der Waals surface area (Å²) in [6.07, 6.45) is 3.38. The molecule has 6 heteroatoms. The molecular weight excluding hydrogens is 314 g/mol. The fraction of sp³-hybridized carbons (Fsp3) is 0.316. The Morgan fingerprint density at radius 2 is 1.88 bits per heavy atom. The second kappa shape index (κ2) is 7.90. The first-order valence-corrected chi connectivity index (χ1v) is 8.40. The Kier molecular flexibility index (Phi) is 5.40. The zero-order chi connectivity index (χ0) is 17.6. The molecule has 1 N–H and O–H groups in total. The highest BCUT2D eigenvalue weighted by atomic mass is 16.5. The van der Waals surface area contributed by atoms with E-state index >= 15 is 0 Å². The topological polar surface area (TPSA) is 63.2 Å². The number of methoxy groups -OCH3 is 1. The Balaban J connectivity index is 1.93. The van der Waals surface area contributed by atoms with Gasteiger partial charge in [0.15, 0.2) is 5.82 Å². The Labute approximate surface area is 147 Å². The number of hydrogen-bond donors (Lipinski definition) is 1. The summed E-state index contributed by atoms with van der Waals surface area (Å²) in [5, 5.41) is 3.11. The lowest BCUT2D eigenvalue weighted by Gasteiger charge is -2.22. The van der Waals surface area contributed by atoms with Gasteiger partial charge in [-0.15, -0.1) is 0 Å². The minimum atomic E-state index is 0.714. The fourth-order valence-electron chi connectivity index (χ4n) is 2.81. The van der Waals surface area contributed by atoms with Crippen LogP contribution in [0.3, 0.4) is 0 Å². The standard InChI is InChI=1S/C19H23N5O/c1-4-24(11-12-25-3)15-7-5-14(6-8-15)16-13-17-18(19(20-2)23-16)22-10-9-21-17/h5-10,13H,4,11-12H2,1-3H3,(H,20,23). The molecular formula is C19H23N5O. The second-order valence-electron chi connectivity index (χ2n) is 5.65. The number of hydrogen-bond acceptors (Lipinski definition) is 6. The first kappa shape index (κ1) is 17.1. The number of rotatable bonds is 7. The maximum atomic E-state index is 5.18. The largest absolute Gasteiger partial charge is 0.383 e. The highest BCUT2D eigenvalue weighted by molar-refractivity contribution is 5.88. The number of nitrogens with zero attached hydrogens (tertiary/aromatic N) is 4. The molecule has 3 rings (SSSR count). The number of ether oxygens (including phenoxy) is 1. The van der Waals surface area contributed by atoms with Crippen molar-refractivity contribution < 1.29 is 4.74 Å². The zero-order valence-electron chi connectivity index (χ0n) is 14.9. The van der Waals surface area contributed by atoms with Crippen LogP contribution in [0.2, 0.25) is 0 Å². The van der Waals surface area contributed by atoms with Crippen molar-refractivity contribution in [3.8, 4) is 11.3 Å². The molecule has 0 bridgehead atoms. The van der Waals surface area contributed by atoms with Crippen molar-refractivity contribution in [2.24, 2.45) is 0 Å². The fourth-order valence-corrected chi connectivity index (χ4v) is 2.81. The van der Waals surface area contributed by atoms with Gasteiger partial charge in [0.2, 0.25) is 0 Å². The van der Waals surface area contributed by atoms with Crippen molar-refractivity contribution in [2.45, 2.75) is 6.92 Å². The average Bonchev–Trinajstić information content (AvgIpc) is 2.68. The number of nitrogens with one attached hydrogen (secondary N) is 1. The molecule has 0 fully saturated rings. The smallest absolute Gasteiger partial charge is 0.154 e. The van der Waals surface area contributed by atoms with Crippen LogP contribution < -0.4 is 10.2 Å². The molecule has 0 aliphatic rings. The van der Waals surface area contributed by atoms with Crippen molar-refractivity contribution >= 4 is 22.5 Å². The van der Waals surface area contributed by atoms with Crippen LogP contribution in [0.15, 0.2) is 42.7 Å². The van der Waals surface area contributed by atoms with Crippen molar-refractivity contribution in [1.29, 1.82) is 0 Å². The Morgan fingerprint density at radius 1 is 1.12 bits per heavy atom. The van der Waals surface area contributed by atoms with Gasteiger partial charge in [-0.1, -0.05) is 12.1 Å². The van der Waals surface area contributed by atoms with Gasteiger partial charge in [0.25, 0.3) is 0 Å². The number of benzene rings is 1. The number of aromatic nitrogens is 3. The van der Waals surface area contributed by atoms with Crippen LogP contribution in [0, 0.1) is 0 Å². The average molecular weight is 337 g/mol. The maximum absolute atomic E-state index is 5.18. The Morgan fingerprint density at radius 3 is 2.56 bits per heavy atom. The summed E-state index contributed by atoms with van der Waals surface area (Å²) in [5.41, 5.74) is 4.72. The van der Waals surface area contributed by atoms with E-state index in [0.29, 0.717) is 6.61 Å². The van der Waals surface area contributed by atoms with E-state index in [9.17, 15) is 0 Å². The van der Waals surface area contributed by atoms with E-state index in [4.69, 9.17) is 4.74 Å². The van der Waals surface area contributed by atoms with E-state index in [1.165, 1.54) is 5.69 Å². The van der Waals surface area contributed by atoms with E-state index < -0.39 is 0 Å². The van der Waals surface area contributed by atoms with Gasteiger partial charge in [0, 0.05) is 50.9 Å². The van der Waals surface area contributed by atoms with Crippen molar-refractivity contribution in [3.05, 3.63) is 42.7 Å². The van der Waals surface area contributed by atoms with E-state index in [2.05, 4.69) is 56.4 Å². The van der Waals surface area contributed by atoms with E-state index in [1.807, 2.05) is 13.1 Å². The quantitative estimate of drug-likeness (QED) is 0.714. The summed E-state index contributed by atoms with van der Waals surface area (Å²) in [6, 6.07) is 10.4. The van der Waals surface area contributed by atoms with Crippen LogP contribution in [0.25, 0.3) is 22.3 Å². The van der Waals surface area contributed by atoms with Gasteiger partial charge in [-0.2, -0.15) is 0 Å². The van der Waals surface area contributed by atoms with E-state index in [1.54, 1.807) is 19.5 Å². The minimum Gasteiger partial charge on any atom is -0.383 e. The molecule has 0 amide bonds. The van der Waals surface area contributed by atoms with Crippen LogP contribution >= 0.6 is 0 Å². The second-order valence-corrected chi connectivity index (χ2v) is 5.65. The van der Waals surface area contributed by atoms with Crippen molar-refractivity contribution in [3.63, 3.8) is 0 Å². The normalized spacial score (nSPS) is 10.8. The van der Waals surface area contributed by atoms with Crippen LogP contribution in [-0.4, -0.2) is 48.8 Å². The molecule has 130 valence electrons. The Hall–Kier alpha value is -2.73. The van der Waals surface area contributed by atoms with Crippen LogP contribution in [0.4, 0.5) is 11.5 Å². The molecule has 2 heterocycles. The van der Waals surface area contributed by atoms with Gasteiger partial charge in [0.1, 0.15) is 5.52 Å². The molecule has 25 heavy (non-hydrogen) atoms. The number of pyridine rings is 1. The van der Waals surface area contributed by atoms with Crippen LogP contribution in [0.5, 0.6) is 0 Å². The molecule has 2 aromatic heterocycles. The third-order valence-electron chi connectivity index (χ3n) is 4.17. The zero-order valence-corrected chi connectivity index (χ0v) is 14.9. The van der Waals surface area contributed by atoms with Crippen molar-refractivity contribution in [1.82, 2.24) is 15.0 Å². The lowest BCUT2D eigenvalue weighted by Crippen LogP contribution is -2.26. The van der Waals surface area contributed by atoms with Crippen molar-refractivity contribution in [2.75, 3.05) is 44.1 Å². The predicted octanol–water partition coefficient (Wildman–Crippen LogP) is 3.21. The predicted molar refractivity (Wildman–Crippen MR) is 102 cm³/mol. The minimum absolute atomic E-state index is 0.714. The highest BCUT2D eigenvalue weighted by Crippen LogP contribution is 2.26. The number of fused-ring (bicyclic) bond motifs is 1. The van der Waals surface area contributed by atoms with Gasteiger partial charge in [-0.3, -0.25) is 4.98 Å². The van der Waals surface area contributed by atoms with E-state index in [0.717, 1.165) is 41.2 Å². The van der Waals surface area contributed by atoms with Gasteiger partial charge in [0.05, 0.1) is 17.8 Å².